The molecule has 0 bridgehead atoms. The number of nitrogens with one attached hydrogen (secondary N) is 1. The Morgan fingerprint density at radius 2 is 2.00 bits per heavy atom. The number of aromatic nitrogens is 2. The quantitative estimate of drug-likeness (QED) is 0.889. The summed E-state index contributed by atoms with van der Waals surface area (Å²) in [5.41, 5.74) is 8.49. The van der Waals surface area contributed by atoms with Crippen LogP contribution in [0.2, 0.25) is 0 Å². The Balaban J connectivity index is 0.00000242. The molecule has 3 N–H and O–H groups in total. The van der Waals surface area contributed by atoms with Crippen molar-refractivity contribution in [3.05, 3.63) is 42.2 Å². The van der Waals surface area contributed by atoms with Gasteiger partial charge in [-0.25, -0.2) is 4.68 Å². The summed E-state index contributed by atoms with van der Waals surface area (Å²) in [5.74, 6) is -0.0189. The van der Waals surface area contributed by atoms with E-state index in [1.165, 1.54) is 0 Å². The summed E-state index contributed by atoms with van der Waals surface area (Å²) in [7, 11) is 0. The van der Waals surface area contributed by atoms with Gasteiger partial charge in [-0.1, -0.05) is 38.5 Å². The van der Waals surface area contributed by atoms with Gasteiger partial charge >= 0.3 is 0 Å². The second-order valence-electron chi connectivity index (χ2n) is 5.29. The molecule has 0 aliphatic heterocycles. The van der Waals surface area contributed by atoms with Crippen molar-refractivity contribution in [2.45, 2.75) is 33.2 Å². The maximum absolute atomic E-state index is 12.1. The van der Waals surface area contributed by atoms with Crippen molar-refractivity contribution >= 4 is 24.0 Å². The number of hydrogen-bond donors (Lipinski definition) is 2. The Bertz CT molecular complexity index is 612. The number of halogens is 1. The van der Waals surface area contributed by atoms with Crippen LogP contribution in [0, 0.1) is 12.8 Å². The number of nitrogens with zero attached hydrogens (tertiary/aromatic N) is 2. The van der Waals surface area contributed by atoms with Crippen LogP contribution >= 0.6 is 12.4 Å². The van der Waals surface area contributed by atoms with Gasteiger partial charge in [0.2, 0.25) is 5.91 Å². The Labute approximate surface area is 137 Å². The molecule has 1 amide bonds. The van der Waals surface area contributed by atoms with Crippen molar-refractivity contribution in [2.75, 3.05) is 5.32 Å². The molecule has 0 spiro atoms. The molecule has 0 radical (unpaired) electrons. The van der Waals surface area contributed by atoms with Crippen molar-refractivity contribution in [3.63, 3.8) is 0 Å². The molecular formula is C16H23ClN4O. The van der Waals surface area contributed by atoms with Crippen LogP contribution in [-0.2, 0) is 4.79 Å². The first-order valence-electron chi connectivity index (χ1n) is 7.21. The molecule has 0 saturated heterocycles. The molecule has 1 heterocycles. The lowest BCUT2D eigenvalue weighted by atomic mass is 9.99. The van der Waals surface area contributed by atoms with E-state index in [9.17, 15) is 4.79 Å². The van der Waals surface area contributed by atoms with Crippen LogP contribution in [0.5, 0.6) is 0 Å². The van der Waals surface area contributed by atoms with Gasteiger partial charge in [-0.2, -0.15) is 5.10 Å². The number of hydrogen-bond acceptors (Lipinski definition) is 3. The average molecular weight is 323 g/mol. The van der Waals surface area contributed by atoms with E-state index < -0.39 is 6.04 Å². The highest BCUT2D eigenvalue weighted by Crippen LogP contribution is 2.19. The Morgan fingerprint density at radius 3 is 2.59 bits per heavy atom. The number of amides is 1. The minimum atomic E-state index is -0.505. The van der Waals surface area contributed by atoms with E-state index in [0.717, 1.165) is 17.8 Å². The summed E-state index contributed by atoms with van der Waals surface area (Å²) in [6, 6.07) is 9.29. The van der Waals surface area contributed by atoms with Crippen molar-refractivity contribution in [3.8, 4) is 5.69 Å². The molecule has 2 unspecified atom stereocenters. The molecule has 1 aromatic heterocycles. The third kappa shape index (κ3) is 3.87. The van der Waals surface area contributed by atoms with Gasteiger partial charge in [0.15, 0.2) is 0 Å². The zero-order chi connectivity index (χ0) is 15.4. The maximum Gasteiger partial charge on any atom is 0.241 e. The van der Waals surface area contributed by atoms with E-state index in [-0.39, 0.29) is 24.2 Å². The number of rotatable bonds is 5. The second kappa shape index (κ2) is 7.96. The SMILES string of the molecule is CCC(C)C(N)C(=O)Nc1cnn(-c2ccccc2)c1C.Cl. The molecule has 1 aromatic carbocycles. The van der Waals surface area contributed by atoms with E-state index in [1.807, 2.05) is 51.1 Å². The van der Waals surface area contributed by atoms with Crippen LogP contribution in [0.15, 0.2) is 36.5 Å². The van der Waals surface area contributed by atoms with E-state index in [4.69, 9.17) is 5.73 Å². The monoisotopic (exact) mass is 322 g/mol. The predicted molar refractivity (Wildman–Crippen MR) is 91.6 cm³/mol. The smallest absolute Gasteiger partial charge is 0.241 e. The molecule has 2 aromatic rings. The normalized spacial score (nSPS) is 13.1. The lowest BCUT2D eigenvalue weighted by molar-refractivity contribution is -0.118. The van der Waals surface area contributed by atoms with Crippen LogP contribution < -0.4 is 11.1 Å². The highest BCUT2D eigenvalue weighted by atomic mass is 35.5. The fourth-order valence-corrected chi connectivity index (χ4v) is 2.09. The largest absolute Gasteiger partial charge is 0.322 e. The minimum Gasteiger partial charge on any atom is -0.322 e. The topological polar surface area (TPSA) is 72.9 Å². The summed E-state index contributed by atoms with van der Waals surface area (Å²) in [6.45, 7) is 5.92. The van der Waals surface area contributed by atoms with Crippen molar-refractivity contribution < 1.29 is 4.79 Å². The summed E-state index contributed by atoms with van der Waals surface area (Å²) in [6.07, 6.45) is 2.53. The molecule has 5 nitrogen and oxygen atoms in total. The Morgan fingerprint density at radius 1 is 1.36 bits per heavy atom. The van der Waals surface area contributed by atoms with E-state index in [2.05, 4.69) is 10.4 Å². The number of nitrogens with two attached hydrogens (primary N) is 1. The van der Waals surface area contributed by atoms with Gasteiger partial charge in [-0.15, -0.1) is 12.4 Å². The zero-order valence-corrected chi connectivity index (χ0v) is 13.9. The predicted octanol–water partition coefficient (Wildman–Crippen LogP) is 2.91. The summed E-state index contributed by atoms with van der Waals surface area (Å²) >= 11 is 0. The first kappa shape index (κ1) is 18.2. The molecule has 2 atom stereocenters. The van der Waals surface area contributed by atoms with Gasteiger partial charge in [0.1, 0.15) is 0 Å². The van der Waals surface area contributed by atoms with Crippen molar-refractivity contribution in [1.82, 2.24) is 9.78 Å². The molecule has 22 heavy (non-hydrogen) atoms. The summed E-state index contributed by atoms with van der Waals surface area (Å²) in [4.78, 5) is 12.1. The van der Waals surface area contributed by atoms with Crippen molar-refractivity contribution in [1.29, 1.82) is 0 Å². The zero-order valence-electron chi connectivity index (χ0n) is 13.1. The molecular weight excluding hydrogens is 300 g/mol. The maximum atomic E-state index is 12.1. The average Bonchev–Trinajstić information content (AvgIpc) is 2.87. The van der Waals surface area contributed by atoms with Gasteiger partial charge in [0, 0.05) is 0 Å². The van der Waals surface area contributed by atoms with Gasteiger partial charge in [0.05, 0.1) is 29.3 Å². The highest BCUT2D eigenvalue weighted by molar-refractivity contribution is 5.95. The molecule has 2 rings (SSSR count). The lowest BCUT2D eigenvalue weighted by Crippen LogP contribution is -2.40. The first-order valence-corrected chi connectivity index (χ1v) is 7.21. The number of carbonyl (C=O) groups is 1. The fraction of sp³-hybridized carbons (Fsp3) is 0.375. The van der Waals surface area contributed by atoms with Gasteiger partial charge in [-0.05, 0) is 25.0 Å². The van der Waals surface area contributed by atoms with Crippen LogP contribution in [0.25, 0.3) is 5.69 Å². The van der Waals surface area contributed by atoms with Gasteiger partial charge in [0.25, 0.3) is 0 Å². The highest BCUT2D eigenvalue weighted by Gasteiger charge is 2.21. The Kier molecular flexibility index (Phi) is 6.59. The number of carbonyl (C=O) groups excluding carboxylic acids is 1. The minimum absolute atomic E-state index is 0. The molecule has 0 saturated carbocycles. The van der Waals surface area contributed by atoms with Crippen LogP contribution in [-0.4, -0.2) is 21.7 Å². The van der Waals surface area contributed by atoms with Crippen LogP contribution in [0.3, 0.4) is 0 Å². The molecule has 0 fully saturated rings. The third-order valence-electron chi connectivity index (χ3n) is 3.83. The summed E-state index contributed by atoms with van der Waals surface area (Å²) in [5, 5.41) is 7.19. The molecule has 0 aliphatic rings. The van der Waals surface area contributed by atoms with Crippen molar-refractivity contribution in [2.24, 2.45) is 11.7 Å². The fourth-order valence-electron chi connectivity index (χ4n) is 2.09. The molecule has 120 valence electrons. The number of anilines is 1. The van der Waals surface area contributed by atoms with Crippen LogP contribution in [0.1, 0.15) is 26.0 Å². The van der Waals surface area contributed by atoms with Crippen LogP contribution in [0.4, 0.5) is 5.69 Å². The third-order valence-corrected chi connectivity index (χ3v) is 3.83. The van der Waals surface area contributed by atoms with E-state index in [1.54, 1.807) is 10.9 Å². The van der Waals surface area contributed by atoms with E-state index in [0.29, 0.717) is 5.69 Å². The first-order chi connectivity index (χ1) is 10.0. The lowest BCUT2D eigenvalue weighted by Gasteiger charge is -2.17. The standard InChI is InChI=1S/C16H22N4O.ClH/c1-4-11(2)15(17)16(21)19-14-10-18-20(12(14)3)13-8-6-5-7-9-13;/h5-11,15H,4,17H2,1-3H3,(H,19,21);1H. The second-order valence-corrected chi connectivity index (χ2v) is 5.29. The van der Waals surface area contributed by atoms with E-state index >= 15 is 0 Å². The Hall–Kier alpha value is -1.85. The van der Waals surface area contributed by atoms with Gasteiger partial charge in [-0.3, -0.25) is 4.79 Å². The number of para-hydroxylation sites is 1. The molecule has 6 heteroatoms. The summed E-state index contributed by atoms with van der Waals surface area (Å²) < 4.78 is 1.80. The number of benzene rings is 1. The molecule has 0 aliphatic carbocycles. The van der Waals surface area contributed by atoms with Gasteiger partial charge < -0.3 is 11.1 Å².